The molecule has 0 aliphatic heterocycles. The molecule has 0 saturated carbocycles. The second-order valence-corrected chi connectivity index (χ2v) is 4.20. The molecule has 0 bridgehead atoms. The second kappa shape index (κ2) is 8.32. The molecule has 2 atom stereocenters. The summed E-state index contributed by atoms with van der Waals surface area (Å²) in [6.07, 6.45) is 1.64. The zero-order valence-corrected chi connectivity index (χ0v) is 10.7. The van der Waals surface area contributed by atoms with Gasteiger partial charge in [-0.1, -0.05) is 13.3 Å². The van der Waals surface area contributed by atoms with Crippen LogP contribution in [0, 0.1) is 0 Å². The first kappa shape index (κ1) is 16.2. The zero-order valence-electron chi connectivity index (χ0n) is 10.7. The van der Waals surface area contributed by atoms with E-state index in [-0.39, 0.29) is 18.9 Å². The van der Waals surface area contributed by atoms with Gasteiger partial charge in [-0.2, -0.15) is 0 Å². The van der Waals surface area contributed by atoms with Gasteiger partial charge in [-0.3, -0.25) is 4.79 Å². The molecule has 0 aliphatic rings. The molecule has 0 aromatic rings. The maximum absolute atomic E-state index is 11.5. The van der Waals surface area contributed by atoms with E-state index in [0.29, 0.717) is 0 Å². The van der Waals surface area contributed by atoms with Crippen LogP contribution in [0.4, 0.5) is 4.79 Å². The molecule has 0 rings (SSSR count). The Morgan fingerprint density at radius 1 is 1.22 bits per heavy atom. The lowest BCUT2D eigenvalue weighted by Gasteiger charge is -2.17. The summed E-state index contributed by atoms with van der Waals surface area (Å²) in [4.78, 5) is 32.9. The molecule has 0 aromatic carbocycles. The third-order valence-corrected chi connectivity index (χ3v) is 2.38. The number of amides is 3. The maximum Gasteiger partial charge on any atom is 0.326 e. The number of primary amides is 1. The molecular formula is C11H21N3O4. The van der Waals surface area contributed by atoms with Crippen molar-refractivity contribution >= 4 is 17.9 Å². The monoisotopic (exact) mass is 259 g/mol. The number of carboxylic acid groups (broad SMARTS) is 1. The van der Waals surface area contributed by atoms with E-state index in [1.165, 1.54) is 0 Å². The molecule has 7 nitrogen and oxygen atoms in total. The molecule has 1 unspecified atom stereocenters. The number of carbonyl (C=O) groups is 3. The lowest BCUT2D eigenvalue weighted by molar-refractivity contribution is -0.139. The molecule has 0 aliphatic carbocycles. The van der Waals surface area contributed by atoms with Crippen LogP contribution in [-0.2, 0) is 9.59 Å². The first-order valence-electron chi connectivity index (χ1n) is 5.95. The molecule has 0 radical (unpaired) electrons. The summed E-state index contributed by atoms with van der Waals surface area (Å²) in [6, 6.07) is -1.68. The van der Waals surface area contributed by atoms with Crippen LogP contribution in [-0.4, -0.2) is 35.1 Å². The SMILES string of the molecule is CCCC(C)NC(=O)N[C@@H](CCC(N)=O)C(=O)O. The van der Waals surface area contributed by atoms with Gasteiger partial charge in [0, 0.05) is 12.5 Å². The summed E-state index contributed by atoms with van der Waals surface area (Å²) >= 11 is 0. The highest BCUT2D eigenvalue weighted by atomic mass is 16.4. The van der Waals surface area contributed by atoms with Gasteiger partial charge in [-0.05, 0) is 19.8 Å². The molecule has 0 heterocycles. The first-order chi connectivity index (χ1) is 8.36. The number of carbonyl (C=O) groups excluding carboxylic acids is 2. The third-order valence-electron chi connectivity index (χ3n) is 2.38. The highest BCUT2D eigenvalue weighted by Crippen LogP contribution is 1.99. The van der Waals surface area contributed by atoms with Crippen LogP contribution in [0.3, 0.4) is 0 Å². The first-order valence-corrected chi connectivity index (χ1v) is 5.95. The average Bonchev–Trinajstić information content (AvgIpc) is 2.23. The van der Waals surface area contributed by atoms with Gasteiger partial charge in [0.1, 0.15) is 6.04 Å². The van der Waals surface area contributed by atoms with Crippen molar-refractivity contribution in [2.24, 2.45) is 5.73 Å². The number of carboxylic acids is 1. The Morgan fingerprint density at radius 3 is 2.28 bits per heavy atom. The van der Waals surface area contributed by atoms with E-state index < -0.39 is 23.9 Å². The third kappa shape index (κ3) is 7.48. The average molecular weight is 259 g/mol. The van der Waals surface area contributed by atoms with E-state index in [1.807, 2.05) is 13.8 Å². The molecular weight excluding hydrogens is 238 g/mol. The second-order valence-electron chi connectivity index (χ2n) is 4.20. The van der Waals surface area contributed by atoms with Crippen molar-refractivity contribution in [3.8, 4) is 0 Å². The van der Waals surface area contributed by atoms with Crippen molar-refractivity contribution in [2.45, 2.75) is 51.6 Å². The van der Waals surface area contributed by atoms with Crippen molar-refractivity contribution in [3.63, 3.8) is 0 Å². The standard InChI is InChI=1S/C11H21N3O4/c1-3-4-7(2)13-11(18)14-8(10(16)17)5-6-9(12)15/h7-8H,3-6H2,1-2H3,(H2,12,15)(H,16,17)(H2,13,14,18)/t7?,8-/m0/s1. The summed E-state index contributed by atoms with van der Waals surface area (Å²) in [5.41, 5.74) is 4.93. The van der Waals surface area contributed by atoms with Crippen LogP contribution >= 0.6 is 0 Å². The number of rotatable bonds is 8. The number of urea groups is 1. The fraction of sp³-hybridized carbons (Fsp3) is 0.727. The number of hydrogen-bond donors (Lipinski definition) is 4. The van der Waals surface area contributed by atoms with Gasteiger partial charge in [-0.15, -0.1) is 0 Å². The zero-order chi connectivity index (χ0) is 14.1. The van der Waals surface area contributed by atoms with Gasteiger partial charge in [0.15, 0.2) is 0 Å². The van der Waals surface area contributed by atoms with Crippen LogP contribution in [0.15, 0.2) is 0 Å². The van der Waals surface area contributed by atoms with E-state index in [9.17, 15) is 14.4 Å². The maximum atomic E-state index is 11.5. The molecule has 104 valence electrons. The fourth-order valence-electron chi connectivity index (χ4n) is 1.47. The van der Waals surface area contributed by atoms with E-state index in [0.717, 1.165) is 12.8 Å². The molecule has 18 heavy (non-hydrogen) atoms. The van der Waals surface area contributed by atoms with Crippen LogP contribution in [0.1, 0.15) is 39.5 Å². The lowest BCUT2D eigenvalue weighted by Crippen LogP contribution is -2.48. The Bertz CT molecular complexity index is 307. The summed E-state index contributed by atoms with van der Waals surface area (Å²) in [5.74, 6) is -1.78. The van der Waals surface area contributed by atoms with Crippen molar-refractivity contribution < 1.29 is 19.5 Å². The van der Waals surface area contributed by atoms with Crippen molar-refractivity contribution in [2.75, 3.05) is 0 Å². The normalized spacial score (nSPS) is 13.4. The minimum atomic E-state index is -1.19. The van der Waals surface area contributed by atoms with E-state index >= 15 is 0 Å². The molecule has 0 saturated heterocycles. The minimum Gasteiger partial charge on any atom is -0.480 e. The van der Waals surface area contributed by atoms with E-state index in [1.54, 1.807) is 0 Å². The van der Waals surface area contributed by atoms with Gasteiger partial charge in [0.2, 0.25) is 5.91 Å². The smallest absolute Gasteiger partial charge is 0.326 e. The summed E-state index contributed by atoms with van der Waals surface area (Å²) in [7, 11) is 0. The Hall–Kier alpha value is -1.79. The highest BCUT2D eigenvalue weighted by Gasteiger charge is 2.20. The van der Waals surface area contributed by atoms with Crippen molar-refractivity contribution in [3.05, 3.63) is 0 Å². The minimum absolute atomic E-state index is 0.0136. The van der Waals surface area contributed by atoms with Crippen LogP contribution in [0.2, 0.25) is 0 Å². The molecule has 0 aromatic heterocycles. The summed E-state index contributed by atoms with van der Waals surface area (Å²) < 4.78 is 0. The van der Waals surface area contributed by atoms with Crippen LogP contribution < -0.4 is 16.4 Å². The van der Waals surface area contributed by atoms with Crippen LogP contribution in [0.5, 0.6) is 0 Å². The van der Waals surface area contributed by atoms with E-state index in [2.05, 4.69) is 10.6 Å². The van der Waals surface area contributed by atoms with E-state index in [4.69, 9.17) is 10.8 Å². The van der Waals surface area contributed by atoms with Gasteiger partial charge in [0.05, 0.1) is 0 Å². The van der Waals surface area contributed by atoms with Gasteiger partial charge in [0.25, 0.3) is 0 Å². The van der Waals surface area contributed by atoms with Gasteiger partial charge < -0.3 is 21.5 Å². The lowest BCUT2D eigenvalue weighted by atomic mass is 10.1. The number of hydrogen-bond acceptors (Lipinski definition) is 3. The number of nitrogens with two attached hydrogens (primary N) is 1. The Labute approximate surface area is 106 Å². The molecule has 0 spiro atoms. The van der Waals surface area contributed by atoms with Crippen molar-refractivity contribution in [1.82, 2.24) is 10.6 Å². The number of aliphatic carboxylic acids is 1. The largest absolute Gasteiger partial charge is 0.480 e. The Morgan fingerprint density at radius 2 is 1.83 bits per heavy atom. The van der Waals surface area contributed by atoms with Crippen LogP contribution in [0.25, 0.3) is 0 Å². The molecule has 0 fully saturated rings. The number of nitrogens with one attached hydrogen (secondary N) is 2. The van der Waals surface area contributed by atoms with Gasteiger partial charge in [-0.25, -0.2) is 9.59 Å². The topological polar surface area (TPSA) is 122 Å². The summed E-state index contributed by atoms with van der Waals surface area (Å²) in [5, 5.41) is 13.8. The summed E-state index contributed by atoms with van der Waals surface area (Å²) in [6.45, 7) is 3.82. The predicted octanol–water partition coefficient (Wildman–Crippen LogP) is 0.193. The van der Waals surface area contributed by atoms with Gasteiger partial charge >= 0.3 is 12.0 Å². The fourth-order valence-corrected chi connectivity index (χ4v) is 1.47. The van der Waals surface area contributed by atoms with Crippen molar-refractivity contribution in [1.29, 1.82) is 0 Å². The molecule has 3 amide bonds. The predicted molar refractivity (Wildman–Crippen MR) is 65.9 cm³/mol. The Balaban J connectivity index is 4.19. The molecule has 7 heteroatoms. The molecule has 5 N–H and O–H groups in total. The quantitative estimate of drug-likeness (QED) is 0.497. The highest BCUT2D eigenvalue weighted by molar-refractivity contribution is 5.83. The Kier molecular flexibility index (Phi) is 7.50.